The summed E-state index contributed by atoms with van der Waals surface area (Å²) in [6.45, 7) is 8.00. The molecule has 1 fully saturated rings. The fourth-order valence-electron chi connectivity index (χ4n) is 2.77. The quantitative estimate of drug-likeness (QED) is 0.790. The van der Waals surface area contributed by atoms with Crippen molar-refractivity contribution in [1.82, 2.24) is 10.2 Å². The zero-order valence-corrected chi connectivity index (χ0v) is 12.3. The molecule has 1 N–H and O–H groups in total. The number of likely N-dealkylation sites (N-methyl/N-ethyl adjacent to an activating group) is 1. The first kappa shape index (κ1) is 14.5. The average Bonchev–Trinajstić information content (AvgIpc) is 2.70. The summed E-state index contributed by atoms with van der Waals surface area (Å²) in [6.07, 6.45) is 6.72. The van der Waals surface area contributed by atoms with Crippen molar-refractivity contribution in [1.29, 1.82) is 0 Å². The Hall–Kier alpha value is -0.860. The van der Waals surface area contributed by atoms with Crippen LogP contribution in [0.15, 0.2) is 24.3 Å². The molecule has 106 valence electrons. The van der Waals surface area contributed by atoms with Gasteiger partial charge in [0.1, 0.15) is 0 Å². The number of nitrogens with one attached hydrogen (secondary N) is 1. The van der Waals surface area contributed by atoms with Gasteiger partial charge in [-0.25, -0.2) is 0 Å². The van der Waals surface area contributed by atoms with E-state index in [0.29, 0.717) is 0 Å². The van der Waals surface area contributed by atoms with Crippen molar-refractivity contribution < 1.29 is 0 Å². The Kier molecular flexibility index (Phi) is 6.38. The van der Waals surface area contributed by atoms with E-state index in [0.717, 1.165) is 26.1 Å². The van der Waals surface area contributed by atoms with Crippen molar-refractivity contribution in [3.63, 3.8) is 0 Å². The topological polar surface area (TPSA) is 15.3 Å². The molecule has 0 aromatic heterocycles. The van der Waals surface area contributed by atoms with E-state index in [2.05, 4.69) is 41.4 Å². The molecule has 1 aliphatic heterocycles. The Morgan fingerprint density at radius 2 is 1.58 bits per heavy atom. The van der Waals surface area contributed by atoms with Gasteiger partial charge in [0.15, 0.2) is 0 Å². The van der Waals surface area contributed by atoms with Crippen LogP contribution in [0.4, 0.5) is 0 Å². The van der Waals surface area contributed by atoms with Crippen LogP contribution in [0, 0.1) is 0 Å². The minimum Gasteiger partial charge on any atom is -0.317 e. The van der Waals surface area contributed by atoms with Gasteiger partial charge in [0.25, 0.3) is 0 Å². The average molecular weight is 260 g/mol. The Morgan fingerprint density at radius 1 is 0.947 bits per heavy atom. The van der Waals surface area contributed by atoms with Gasteiger partial charge in [-0.05, 0) is 56.6 Å². The van der Waals surface area contributed by atoms with Gasteiger partial charge in [0.2, 0.25) is 0 Å². The van der Waals surface area contributed by atoms with E-state index in [4.69, 9.17) is 0 Å². The monoisotopic (exact) mass is 260 g/mol. The summed E-state index contributed by atoms with van der Waals surface area (Å²) in [5.74, 6) is 0. The van der Waals surface area contributed by atoms with Crippen LogP contribution in [-0.4, -0.2) is 31.1 Å². The van der Waals surface area contributed by atoms with Crippen molar-refractivity contribution in [3.05, 3.63) is 35.4 Å². The lowest BCUT2D eigenvalue weighted by Gasteiger charge is -2.19. The summed E-state index contributed by atoms with van der Waals surface area (Å²) in [4.78, 5) is 2.61. The lowest BCUT2D eigenvalue weighted by Crippen LogP contribution is -2.23. The van der Waals surface area contributed by atoms with Crippen LogP contribution in [0.25, 0.3) is 0 Å². The molecule has 0 amide bonds. The molecule has 0 aliphatic carbocycles. The van der Waals surface area contributed by atoms with Gasteiger partial charge in [-0.2, -0.15) is 0 Å². The standard InChI is InChI=1S/C17H28N2/c1-2-18-12-11-16-7-9-17(10-8-16)15-19-13-5-3-4-6-14-19/h7-10,18H,2-6,11-15H2,1H3. The highest BCUT2D eigenvalue weighted by molar-refractivity contribution is 5.22. The number of hydrogen-bond donors (Lipinski definition) is 1. The Balaban J connectivity index is 1.80. The van der Waals surface area contributed by atoms with E-state index in [1.54, 1.807) is 0 Å². The van der Waals surface area contributed by atoms with E-state index in [1.165, 1.54) is 49.9 Å². The molecular formula is C17H28N2. The molecule has 19 heavy (non-hydrogen) atoms. The van der Waals surface area contributed by atoms with Crippen LogP contribution in [0.5, 0.6) is 0 Å². The van der Waals surface area contributed by atoms with Crippen LogP contribution in [0.3, 0.4) is 0 Å². The molecule has 0 bridgehead atoms. The molecule has 0 unspecified atom stereocenters. The highest BCUT2D eigenvalue weighted by atomic mass is 15.1. The minimum absolute atomic E-state index is 1.06. The smallest absolute Gasteiger partial charge is 0.0233 e. The molecule has 1 heterocycles. The molecule has 2 nitrogen and oxygen atoms in total. The van der Waals surface area contributed by atoms with Crippen LogP contribution in [-0.2, 0) is 13.0 Å². The number of likely N-dealkylation sites (tertiary alicyclic amines) is 1. The first-order valence-electron chi connectivity index (χ1n) is 7.89. The molecule has 0 radical (unpaired) electrons. The second-order valence-corrected chi connectivity index (χ2v) is 5.61. The fraction of sp³-hybridized carbons (Fsp3) is 0.647. The highest BCUT2D eigenvalue weighted by Gasteiger charge is 2.09. The SMILES string of the molecule is CCNCCc1ccc(CN2CCCCCC2)cc1. The third kappa shape index (κ3) is 5.33. The molecule has 0 atom stereocenters. The van der Waals surface area contributed by atoms with E-state index in [-0.39, 0.29) is 0 Å². The van der Waals surface area contributed by atoms with Gasteiger partial charge in [0.05, 0.1) is 0 Å². The molecular weight excluding hydrogens is 232 g/mol. The molecule has 1 aromatic rings. The van der Waals surface area contributed by atoms with Crippen molar-refractivity contribution >= 4 is 0 Å². The number of hydrogen-bond acceptors (Lipinski definition) is 2. The molecule has 0 spiro atoms. The van der Waals surface area contributed by atoms with Gasteiger partial charge >= 0.3 is 0 Å². The zero-order valence-electron chi connectivity index (χ0n) is 12.3. The normalized spacial score (nSPS) is 17.3. The molecule has 1 aromatic carbocycles. The van der Waals surface area contributed by atoms with Crippen molar-refractivity contribution in [2.45, 2.75) is 45.6 Å². The van der Waals surface area contributed by atoms with E-state index in [9.17, 15) is 0 Å². The van der Waals surface area contributed by atoms with E-state index in [1.807, 2.05) is 0 Å². The highest BCUT2D eigenvalue weighted by Crippen LogP contribution is 2.14. The second kappa shape index (κ2) is 8.34. The molecule has 2 heteroatoms. The summed E-state index contributed by atoms with van der Waals surface area (Å²) in [5, 5.41) is 3.38. The van der Waals surface area contributed by atoms with Gasteiger partial charge in [0, 0.05) is 6.54 Å². The maximum atomic E-state index is 3.38. The van der Waals surface area contributed by atoms with Crippen molar-refractivity contribution in [2.24, 2.45) is 0 Å². The number of nitrogens with zero attached hydrogens (tertiary/aromatic N) is 1. The maximum Gasteiger partial charge on any atom is 0.0233 e. The lowest BCUT2D eigenvalue weighted by molar-refractivity contribution is 0.277. The molecule has 2 rings (SSSR count). The van der Waals surface area contributed by atoms with Crippen molar-refractivity contribution in [3.8, 4) is 0 Å². The van der Waals surface area contributed by atoms with Gasteiger partial charge in [-0.15, -0.1) is 0 Å². The first-order valence-corrected chi connectivity index (χ1v) is 7.89. The third-order valence-corrected chi connectivity index (χ3v) is 3.97. The van der Waals surface area contributed by atoms with Gasteiger partial charge in [-0.3, -0.25) is 4.90 Å². The Bertz CT molecular complexity index is 337. The van der Waals surface area contributed by atoms with Crippen LogP contribution >= 0.6 is 0 Å². The van der Waals surface area contributed by atoms with Crippen molar-refractivity contribution in [2.75, 3.05) is 26.2 Å². The predicted octanol–water partition coefficient (Wildman–Crippen LogP) is 3.21. The zero-order chi connectivity index (χ0) is 13.3. The van der Waals surface area contributed by atoms with Gasteiger partial charge in [-0.1, -0.05) is 44.0 Å². The van der Waals surface area contributed by atoms with Crippen LogP contribution in [0.1, 0.15) is 43.7 Å². The van der Waals surface area contributed by atoms with Crippen LogP contribution in [0.2, 0.25) is 0 Å². The summed E-state index contributed by atoms with van der Waals surface area (Å²) in [7, 11) is 0. The Morgan fingerprint density at radius 3 is 2.21 bits per heavy atom. The maximum absolute atomic E-state index is 3.38. The Labute approximate surface area is 118 Å². The van der Waals surface area contributed by atoms with Crippen LogP contribution < -0.4 is 5.32 Å². The summed E-state index contributed by atoms with van der Waals surface area (Å²) < 4.78 is 0. The molecule has 1 saturated heterocycles. The predicted molar refractivity (Wildman–Crippen MR) is 82.4 cm³/mol. The summed E-state index contributed by atoms with van der Waals surface area (Å²) in [6, 6.07) is 9.22. The minimum atomic E-state index is 1.06. The largest absolute Gasteiger partial charge is 0.317 e. The first-order chi connectivity index (χ1) is 9.38. The number of rotatable bonds is 6. The second-order valence-electron chi connectivity index (χ2n) is 5.61. The summed E-state index contributed by atoms with van der Waals surface area (Å²) >= 11 is 0. The number of benzene rings is 1. The molecule has 1 aliphatic rings. The lowest BCUT2D eigenvalue weighted by atomic mass is 10.1. The molecule has 0 saturated carbocycles. The third-order valence-electron chi connectivity index (χ3n) is 3.97. The van der Waals surface area contributed by atoms with E-state index >= 15 is 0 Å². The van der Waals surface area contributed by atoms with Gasteiger partial charge < -0.3 is 5.32 Å². The fourth-order valence-corrected chi connectivity index (χ4v) is 2.77. The van der Waals surface area contributed by atoms with E-state index < -0.39 is 0 Å². The summed E-state index contributed by atoms with van der Waals surface area (Å²) in [5.41, 5.74) is 2.91.